The molecule has 5 heteroatoms. The van der Waals surface area contributed by atoms with E-state index in [0.717, 1.165) is 24.0 Å². The van der Waals surface area contributed by atoms with Gasteiger partial charge >= 0.3 is 0 Å². The van der Waals surface area contributed by atoms with E-state index in [0.29, 0.717) is 31.2 Å². The minimum atomic E-state index is -3.38. The molecule has 0 atom stereocenters. The number of hydrogen-bond donors (Lipinski definition) is 0. The second kappa shape index (κ2) is 6.03. The van der Waals surface area contributed by atoms with Crippen LogP contribution < -0.4 is 0 Å². The van der Waals surface area contributed by atoms with Gasteiger partial charge in [-0.2, -0.15) is 4.31 Å². The van der Waals surface area contributed by atoms with Crippen LogP contribution in [0.25, 0.3) is 0 Å². The van der Waals surface area contributed by atoms with E-state index in [4.69, 9.17) is 4.74 Å². The number of ether oxygens (including phenoxy) is 1. The maximum Gasteiger partial charge on any atom is 0.243 e. The van der Waals surface area contributed by atoms with Crippen molar-refractivity contribution in [2.75, 3.05) is 26.3 Å². The fraction of sp³-hybridized carbons (Fsp3) is 0.571. The van der Waals surface area contributed by atoms with Crippen molar-refractivity contribution in [1.29, 1.82) is 0 Å². The molecule has 1 aromatic rings. The van der Waals surface area contributed by atoms with Gasteiger partial charge in [0.05, 0.1) is 18.1 Å². The summed E-state index contributed by atoms with van der Waals surface area (Å²) in [4.78, 5) is 0.469. The number of aryl methyl sites for hydroxylation is 2. The Hall–Kier alpha value is -0.910. The minimum absolute atomic E-state index is 0.446. The van der Waals surface area contributed by atoms with Gasteiger partial charge in [0.25, 0.3) is 0 Å². The van der Waals surface area contributed by atoms with E-state index in [9.17, 15) is 8.42 Å². The summed E-state index contributed by atoms with van der Waals surface area (Å²) >= 11 is 0. The lowest BCUT2D eigenvalue weighted by atomic mass is 10.1. The van der Waals surface area contributed by atoms with Gasteiger partial charge in [0, 0.05) is 13.1 Å². The molecule has 0 radical (unpaired) electrons. The van der Waals surface area contributed by atoms with Gasteiger partial charge in [0.2, 0.25) is 10.0 Å². The summed E-state index contributed by atoms with van der Waals surface area (Å²) in [6.07, 6.45) is 1.57. The molecule has 4 nitrogen and oxygen atoms in total. The summed E-state index contributed by atoms with van der Waals surface area (Å²) in [6.45, 7) is 5.87. The Balaban J connectivity index is 2.43. The van der Waals surface area contributed by atoms with E-state index in [2.05, 4.69) is 0 Å². The molecule has 0 aliphatic carbocycles. The van der Waals surface area contributed by atoms with E-state index < -0.39 is 10.0 Å². The van der Waals surface area contributed by atoms with Crippen molar-refractivity contribution in [3.63, 3.8) is 0 Å². The molecule has 0 aromatic heterocycles. The summed E-state index contributed by atoms with van der Waals surface area (Å²) in [5, 5.41) is 0. The first-order valence-electron chi connectivity index (χ1n) is 6.79. The fourth-order valence-corrected chi connectivity index (χ4v) is 4.03. The van der Waals surface area contributed by atoms with E-state index in [1.807, 2.05) is 32.0 Å². The molecule has 0 N–H and O–H groups in total. The number of nitrogens with zero attached hydrogens (tertiary/aromatic N) is 1. The van der Waals surface area contributed by atoms with Crippen molar-refractivity contribution in [3.8, 4) is 0 Å². The predicted molar refractivity (Wildman–Crippen MR) is 74.8 cm³/mol. The Kier molecular flexibility index (Phi) is 4.60. The van der Waals surface area contributed by atoms with Crippen LogP contribution in [0.5, 0.6) is 0 Å². The fourth-order valence-electron chi connectivity index (χ4n) is 2.28. The second-order valence-corrected chi connectivity index (χ2v) is 6.57. The highest BCUT2D eigenvalue weighted by Gasteiger charge is 2.28. The highest BCUT2D eigenvalue weighted by molar-refractivity contribution is 7.89. The van der Waals surface area contributed by atoms with Crippen LogP contribution in [-0.2, 0) is 27.6 Å². The van der Waals surface area contributed by atoms with E-state index in [-0.39, 0.29) is 0 Å². The monoisotopic (exact) mass is 283 g/mol. The maximum absolute atomic E-state index is 12.7. The molecule has 0 saturated carbocycles. The first-order valence-corrected chi connectivity index (χ1v) is 8.23. The summed E-state index contributed by atoms with van der Waals surface area (Å²) in [5.74, 6) is 0. The van der Waals surface area contributed by atoms with Gasteiger partial charge in [0.1, 0.15) is 0 Å². The molecular weight excluding hydrogens is 262 g/mol. The molecule has 106 valence electrons. The maximum atomic E-state index is 12.7. The molecule has 0 spiro atoms. The lowest BCUT2D eigenvalue weighted by Gasteiger charge is -2.27. The van der Waals surface area contributed by atoms with Gasteiger partial charge in [-0.25, -0.2) is 8.42 Å². The molecule has 1 aromatic carbocycles. The van der Waals surface area contributed by atoms with Crippen LogP contribution in [0.2, 0.25) is 0 Å². The Labute approximate surface area is 115 Å². The molecule has 2 rings (SSSR count). The van der Waals surface area contributed by atoms with Gasteiger partial charge in [-0.3, -0.25) is 0 Å². The number of sulfonamides is 1. The first kappa shape index (κ1) is 14.5. The molecule has 1 heterocycles. The average molecular weight is 283 g/mol. The highest BCUT2D eigenvalue weighted by Crippen LogP contribution is 2.23. The highest BCUT2D eigenvalue weighted by atomic mass is 32.2. The van der Waals surface area contributed by atoms with Crippen molar-refractivity contribution in [1.82, 2.24) is 4.31 Å². The summed E-state index contributed by atoms with van der Waals surface area (Å²) < 4.78 is 32.2. The molecule has 1 aliphatic rings. The van der Waals surface area contributed by atoms with Crippen molar-refractivity contribution in [2.45, 2.75) is 31.6 Å². The lowest BCUT2D eigenvalue weighted by Crippen LogP contribution is -2.40. The Morgan fingerprint density at radius 1 is 1.16 bits per heavy atom. The summed E-state index contributed by atoms with van der Waals surface area (Å²) in [7, 11) is -3.38. The molecule has 0 bridgehead atoms. The van der Waals surface area contributed by atoms with Crippen LogP contribution in [0.15, 0.2) is 23.1 Å². The SMILES string of the molecule is CCc1ccc(CC)c(S(=O)(=O)N2CCOCC2)c1. The summed E-state index contributed by atoms with van der Waals surface area (Å²) in [5.41, 5.74) is 1.95. The van der Waals surface area contributed by atoms with Gasteiger partial charge in [-0.15, -0.1) is 0 Å². The Bertz CT molecular complexity index is 534. The predicted octanol–water partition coefficient (Wildman–Crippen LogP) is 1.83. The third kappa shape index (κ3) is 2.99. The second-order valence-electron chi connectivity index (χ2n) is 4.67. The van der Waals surface area contributed by atoms with Crippen molar-refractivity contribution < 1.29 is 13.2 Å². The van der Waals surface area contributed by atoms with Gasteiger partial charge in [-0.05, 0) is 30.0 Å². The van der Waals surface area contributed by atoms with Crippen molar-refractivity contribution >= 4 is 10.0 Å². The molecule has 1 saturated heterocycles. The van der Waals surface area contributed by atoms with Crippen LogP contribution in [0.3, 0.4) is 0 Å². The molecule has 0 unspecified atom stereocenters. The molecule has 0 amide bonds. The number of rotatable bonds is 4. The topological polar surface area (TPSA) is 46.6 Å². The zero-order valence-corrected chi connectivity index (χ0v) is 12.4. The largest absolute Gasteiger partial charge is 0.379 e. The average Bonchev–Trinajstić information content (AvgIpc) is 2.47. The zero-order valence-electron chi connectivity index (χ0n) is 11.6. The molecule has 19 heavy (non-hydrogen) atoms. The standard InChI is InChI=1S/C14H21NO3S/c1-3-12-5-6-13(4-2)14(11-12)19(16,17)15-7-9-18-10-8-15/h5-6,11H,3-4,7-10H2,1-2H3. The minimum Gasteiger partial charge on any atom is -0.379 e. The van der Waals surface area contributed by atoms with Crippen LogP contribution in [0.1, 0.15) is 25.0 Å². The number of benzene rings is 1. The summed E-state index contributed by atoms with van der Waals surface area (Å²) in [6, 6.07) is 5.77. The van der Waals surface area contributed by atoms with Crippen molar-refractivity contribution in [3.05, 3.63) is 29.3 Å². The molecular formula is C14H21NO3S. The lowest BCUT2D eigenvalue weighted by molar-refractivity contribution is 0.0730. The van der Waals surface area contributed by atoms with Gasteiger partial charge in [-0.1, -0.05) is 26.0 Å². The normalized spacial score (nSPS) is 17.6. The van der Waals surface area contributed by atoms with E-state index in [1.165, 1.54) is 4.31 Å². The smallest absolute Gasteiger partial charge is 0.243 e. The van der Waals surface area contributed by atoms with E-state index in [1.54, 1.807) is 0 Å². The Morgan fingerprint density at radius 3 is 2.42 bits per heavy atom. The third-order valence-corrected chi connectivity index (χ3v) is 5.49. The van der Waals surface area contributed by atoms with Gasteiger partial charge < -0.3 is 4.74 Å². The quantitative estimate of drug-likeness (QED) is 0.847. The molecule has 1 fully saturated rings. The Morgan fingerprint density at radius 2 is 1.84 bits per heavy atom. The van der Waals surface area contributed by atoms with Crippen LogP contribution in [-0.4, -0.2) is 39.0 Å². The first-order chi connectivity index (χ1) is 9.09. The molecule has 1 aliphatic heterocycles. The van der Waals surface area contributed by atoms with Crippen molar-refractivity contribution in [2.24, 2.45) is 0 Å². The van der Waals surface area contributed by atoms with Crippen LogP contribution in [0.4, 0.5) is 0 Å². The number of hydrogen-bond acceptors (Lipinski definition) is 3. The van der Waals surface area contributed by atoms with Crippen LogP contribution >= 0.6 is 0 Å². The third-order valence-electron chi connectivity index (χ3n) is 3.51. The van der Waals surface area contributed by atoms with Crippen LogP contribution in [0, 0.1) is 0 Å². The van der Waals surface area contributed by atoms with Gasteiger partial charge in [0.15, 0.2) is 0 Å². The van der Waals surface area contributed by atoms with E-state index >= 15 is 0 Å². The number of morpholine rings is 1. The zero-order chi connectivity index (χ0) is 13.9.